The van der Waals surface area contributed by atoms with Crippen LogP contribution in [0.1, 0.15) is 10.4 Å². The lowest BCUT2D eigenvalue weighted by Crippen LogP contribution is -2.51. The van der Waals surface area contributed by atoms with Gasteiger partial charge in [-0.3, -0.25) is 29.5 Å². The Balaban J connectivity index is 1.40. The third-order valence-electron chi connectivity index (χ3n) is 5.07. The van der Waals surface area contributed by atoms with Gasteiger partial charge in [0.1, 0.15) is 0 Å². The normalized spacial score (nSPS) is 17.2. The van der Waals surface area contributed by atoms with Gasteiger partial charge >= 0.3 is 5.91 Å². The molecule has 8 nitrogen and oxygen atoms in total. The van der Waals surface area contributed by atoms with Gasteiger partial charge in [-0.25, -0.2) is 0 Å². The van der Waals surface area contributed by atoms with Crippen LogP contribution in [0, 0.1) is 10.1 Å². The fourth-order valence-corrected chi connectivity index (χ4v) is 3.91. The molecule has 2 aromatic carbocycles. The van der Waals surface area contributed by atoms with E-state index in [0.29, 0.717) is 17.9 Å². The molecule has 2 aromatic rings. The van der Waals surface area contributed by atoms with Gasteiger partial charge in [0.2, 0.25) is 0 Å². The molecule has 0 radical (unpaired) electrons. The smallest absolute Gasteiger partial charge is 0.300 e. The zero-order chi connectivity index (χ0) is 19.8. The number of non-ortho nitro benzene ring substituents is 1. The Morgan fingerprint density at radius 2 is 1.68 bits per heavy atom. The number of carbonyl (C=O) groups excluding carboxylic acids is 2. The van der Waals surface area contributed by atoms with Crippen molar-refractivity contribution in [2.24, 2.45) is 0 Å². The van der Waals surface area contributed by atoms with Gasteiger partial charge in [-0.2, -0.15) is 0 Å². The zero-order valence-electron chi connectivity index (χ0n) is 14.9. The first-order chi connectivity index (χ1) is 13.4. The highest BCUT2D eigenvalue weighted by molar-refractivity contribution is 9.10. The molecule has 2 aliphatic rings. The molecule has 0 aromatic heterocycles. The second kappa shape index (κ2) is 7.33. The lowest BCUT2D eigenvalue weighted by molar-refractivity contribution is -0.384. The van der Waals surface area contributed by atoms with Crippen LogP contribution >= 0.6 is 15.9 Å². The van der Waals surface area contributed by atoms with Gasteiger partial charge in [0.25, 0.3) is 11.5 Å². The summed E-state index contributed by atoms with van der Waals surface area (Å²) in [6.07, 6.45) is 0. The van der Waals surface area contributed by atoms with Crippen molar-refractivity contribution >= 4 is 44.7 Å². The Hall–Kier alpha value is -2.78. The molecule has 1 saturated heterocycles. The standard InChI is InChI=1S/C19H17BrN4O4/c20-13-1-6-17-16(11-13)18(25)19(26)23(17)12-21-7-9-22(10-8-21)14-2-4-15(5-3-14)24(27)28/h1-6,11H,7-10,12H2. The second-order valence-electron chi connectivity index (χ2n) is 6.74. The number of hydrogen-bond donors (Lipinski definition) is 0. The highest BCUT2D eigenvalue weighted by atomic mass is 79.9. The molecule has 2 aliphatic heterocycles. The predicted molar refractivity (Wildman–Crippen MR) is 108 cm³/mol. The van der Waals surface area contributed by atoms with Gasteiger partial charge in [0.05, 0.1) is 22.8 Å². The molecule has 4 rings (SSSR count). The van der Waals surface area contributed by atoms with Crippen LogP contribution in [0.5, 0.6) is 0 Å². The summed E-state index contributed by atoms with van der Waals surface area (Å²) in [5.74, 6) is -0.966. The van der Waals surface area contributed by atoms with E-state index in [-0.39, 0.29) is 5.69 Å². The molecule has 0 unspecified atom stereocenters. The molecule has 0 saturated carbocycles. The lowest BCUT2D eigenvalue weighted by Gasteiger charge is -2.37. The summed E-state index contributed by atoms with van der Waals surface area (Å²) in [6, 6.07) is 11.8. The average Bonchev–Trinajstić information content (AvgIpc) is 2.93. The predicted octanol–water partition coefficient (Wildman–Crippen LogP) is 2.67. The first-order valence-electron chi connectivity index (χ1n) is 8.81. The highest BCUT2D eigenvalue weighted by Crippen LogP contribution is 2.31. The van der Waals surface area contributed by atoms with Crippen molar-refractivity contribution in [2.75, 3.05) is 42.6 Å². The Bertz CT molecular complexity index is 955. The van der Waals surface area contributed by atoms with Crippen LogP contribution in [0.4, 0.5) is 17.1 Å². The number of carbonyl (C=O) groups is 2. The molecule has 0 atom stereocenters. The van der Waals surface area contributed by atoms with E-state index in [1.54, 1.807) is 24.3 Å². The number of nitrogens with zero attached hydrogens (tertiary/aromatic N) is 4. The molecule has 9 heteroatoms. The minimum Gasteiger partial charge on any atom is -0.369 e. The average molecular weight is 445 g/mol. The van der Waals surface area contributed by atoms with Crippen molar-refractivity contribution in [3.63, 3.8) is 0 Å². The van der Waals surface area contributed by atoms with Gasteiger partial charge in [-0.1, -0.05) is 15.9 Å². The molecule has 28 heavy (non-hydrogen) atoms. The molecule has 0 spiro atoms. The number of Topliss-reactive ketones (excluding diaryl/α,β-unsaturated/α-hetero) is 1. The summed E-state index contributed by atoms with van der Waals surface area (Å²) < 4.78 is 0.769. The summed E-state index contributed by atoms with van der Waals surface area (Å²) >= 11 is 3.34. The van der Waals surface area contributed by atoms with Crippen molar-refractivity contribution in [3.8, 4) is 0 Å². The zero-order valence-corrected chi connectivity index (χ0v) is 16.5. The third kappa shape index (κ3) is 3.38. The van der Waals surface area contributed by atoms with E-state index in [4.69, 9.17) is 0 Å². The summed E-state index contributed by atoms with van der Waals surface area (Å²) in [4.78, 5) is 40.8. The lowest BCUT2D eigenvalue weighted by atomic mass is 10.1. The minimum atomic E-state index is -0.495. The SMILES string of the molecule is O=C1C(=O)N(CN2CCN(c3ccc([N+](=O)[O-])cc3)CC2)c2ccc(Br)cc21. The van der Waals surface area contributed by atoms with Crippen LogP contribution in [0.15, 0.2) is 46.9 Å². The number of piperazine rings is 1. The van der Waals surface area contributed by atoms with Crippen molar-refractivity contribution in [1.82, 2.24) is 4.90 Å². The van der Waals surface area contributed by atoms with Gasteiger partial charge in [-0.15, -0.1) is 0 Å². The van der Waals surface area contributed by atoms with Gasteiger partial charge in [0, 0.05) is 48.5 Å². The Kier molecular flexibility index (Phi) is 4.86. The maximum atomic E-state index is 12.4. The molecule has 1 amide bonds. The monoisotopic (exact) mass is 444 g/mol. The van der Waals surface area contributed by atoms with Crippen LogP contribution in [0.2, 0.25) is 0 Å². The van der Waals surface area contributed by atoms with Crippen molar-refractivity contribution in [3.05, 3.63) is 62.6 Å². The number of rotatable bonds is 4. The largest absolute Gasteiger partial charge is 0.369 e. The summed E-state index contributed by atoms with van der Waals surface area (Å²) in [6.45, 7) is 3.29. The maximum absolute atomic E-state index is 12.4. The van der Waals surface area contributed by atoms with Crippen LogP contribution in [-0.4, -0.2) is 54.4 Å². The van der Waals surface area contributed by atoms with Crippen LogP contribution < -0.4 is 9.80 Å². The molecular weight excluding hydrogens is 428 g/mol. The van der Waals surface area contributed by atoms with Gasteiger partial charge in [0.15, 0.2) is 0 Å². The molecular formula is C19H17BrN4O4. The van der Waals surface area contributed by atoms with Gasteiger partial charge in [-0.05, 0) is 30.3 Å². The van der Waals surface area contributed by atoms with E-state index in [2.05, 4.69) is 25.7 Å². The Morgan fingerprint density at radius 1 is 1.00 bits per heavy atom. The van der Waals surface area contributed by atoms with Crippen molar-refractivity contribution in [1.29, 1.82) is 0 Å². The number of amides is 1. The first-order valence-corrected chi connectivity index (χ1v) is 9.61. The number of nitro groups is 1. The Morgan fingerprint density at radius 3 is 2.32 bits per heavy atom. The Labute approximate surface area is 169 Å². The summed E-state index contributed by atoms with van der Waals surface area (Å²) in [5.41, 5.74) is 2.10. The van der Waals surface area contributed by atoms with Crippen LogP contribution in [-0.2, 0) is 4.79 Å². The van der Waals surface area contributed by atoms with Crippen molar-refractivity contribution in [2.45, 2.75) is 0 Å². The first kappa shape index (κ1) is 18.6. The topological polar surface area (TPSA) is 87.0 Å². The number of nitro benzene ring substituents is 1. The molecule has 1 fully saturated rings. The van der Waals surface area contributed by atoms with E-state index >= 15 is 0 Å². The quantitative estimate of drug-likeness (QED) is 0.409. The van der Waals surface area contributed by atoms with Crippen LogP contribution in [0.25, 0.3) is 0 Å². The number of fused-ring (bicyclic) bond motifs is 1. The summed E-state index contributed by atoms with van der Waals surface area (Å²) in [7, 11) is 0. The van der Waals surface area contributed by atoms with Crippen LogP contribution in [0.3, 0.4) is 0 Å². The highest BCUT2D eigenvalue weighted by Gasteiger charge is 2.37. The number of halogens is 1. The van der Waals surface area contributed by atoms with E-state index in [1.165, 1.54) is 17.0 Å². The molecule has 0 aliphatic carbocycles. The molecule has 0 N–H and O–H groups in total. The molecule has 2 heterocycles. The minimum absolute atomic E-state index is 0.0740. The number of hydrogen-bond acceptors (Lipinski definition) is 6. The molecule has 144 valence electrons. The van der Waals surface area contributed by atoms with E-state index in [0.717, 1.165) is 36.3 Å². The number of ketones is 1. The number of anilines is 2. The third-order valence-corrected chi connectivity index (χ3v) is 5.57. The van der Waals surface area contributed by atoms with Gasteiger partial charge < -0.3 is 4.90 Å². The number of benzene rings is 2. The summed E-state index contributed by atoms with van der Waals surface area (Å²) in [5, 5.41) is 10.8. The fraction of sp³-hybridized carbons (Fsp3) is 0.263. The van der Waals surface area contributed by atoms with E-state index in [9.17, 15) is 19.7 Å². The van der Waals surface area contributed by atoms with E-state index < -0.39 is 16.6 Å². The molecule has 0 bridgehead atoms. The fourth-order valence-electron chi connectivity index (χ4n) is 3.55. The van der Waals surface area contributed by atoms with E-state index in [1.807, 2.05) is 6.07 Å². The maximum Gasteiger partial charge on any atom is 0.300 e. The van der Waals surface area contributed by atoms with Crippen molar-refractivity contribution < 1.29 is 14.5 Å². The second-order valence-corrected chi connectivity index (χ2v) is 7.66.